The molecule has 0 aliphatic carbocycles. The molecule has 1 aromatic carbocycles. The minimum absolute atomic E-state index is 0.0306. The topological polar surface area (TPSA) is 58.1 Å². The van der Waals surface area contributed by atoms with Crippen molar-refractivity contribution in [3.05, 3.63) is 41.2 Å². The average Bonchev–Trinajstić information content (AvgIpc) is 3.17. The van der Waals surface area contributed by atoms with Gasteiger partial charge in [-0.1, -0.05) is 45.0 Å². The zero-order valence-electron chi connectivity index (χ0n) is 14.5. The van der Waals surface area contributed by atoms with Crippen LogP contribution in [-0.2, 0) is 23.3 Å². The van der Waals surface area contributed by atoms with Crippen LogP contribution < -0.4 is 5.32 Å². The standard InChI is InChI=1S/C18H24N4OS/c1-18(2,3)16-20-17(24-21-16)19-10-6-9-15(23)22-11-13-7-4-5-8-14(13)12-22/h4-5,7-8H,6,9-12H2,1-3H3,(H,19,20,21). The summed E-state index contributed by atoms with van der Waals surface area (Å²) in [5.74, 6) is 1.08. The highest BCUT2D eigenvalue weighted by atomic mass is 32.1. The van der Waals surface area contributed by atoms with E-state index < -0.39 is 0 Å². The molecule has 0 saturated carbocycles. The van der Waals surface area contributed by atoms with Crippen LogP contribution in [0.25, 0.3) is 0 Å². The Morgan fingerprint density at radius 2 is 1.92 bits per heavy atom. The monoisotopic (exact) mass is 344 g/mol. The average molecular weight is 344 g/mol. The first-order valence-electron chi connectivity index (χ1n) is 8.36. The number of aromatic nitrogens is 2. The third-order valence-corrected chi connectivity index (χ3v) is 4.81. The lowest BCUT2D eigenvalue weighted by Gasteiger charge is -2.15. The predicted octanol–water partition coefficient (Wildman–Crippen LogP) is 3.57. The molecule has 128 valence electrons. The summed E-state index contributed by atoms with van der Waals surface area (Å²) in [6.45, 7) is 8.54. The van der Waals surface area contributed by atoms with Crippen LogP contribution in [0.2, 0.25) is 0 Å². The Balaban J connectivity index is 1.41. The number of nitrogens with zero attached hydrogens (tertiary/aromatic N) is 3. The highest BCUT2D eigenvalue weighted by Crippen LogP contribution is 2.24. The molecule has 6 heteroatoms. The van der Waals surface area contributed by atoms with Crippen molar-refractivity contribution in [3.8, 4) is 0 Å². The number of anilines is 1. The molecule has 0 spiro atoms. The second-order valence-electron chi connectivity index (χ2n) is 7.22. The first-order valence-corrected chi connectivity index (χ1v) is 9.13. The molecule has 0 saturated heterocycles. The van der Waals surface area contributed by atoms with Crippen LogP contribution in [0.1, 0.15) is 50.6 Å². The number of amides is 1. The van der Waals surface area contributed by atoms with Crippen LogP contribution in [-0.4, -0.2) is 26.7 Å². The molecule has 5 nitrogen and oxygen atoms in total. The van der Waals surface area contributed by atoms with E-state index in [-0.39, 0.29) is 11.3 Å². The lowest BCUT2D eigenvalue weighted by molar-refractivity contribution is -0.131. The van der Waals surface area contributed by atoms with Crippen molar-refractivity contribution in [1.29, 1.82) is 0 Å². The molecule has 0 bridgehead atoms. The Hall–Kier alpha value is -1.95. The number of nitrogens with one attached hydrogen (secondary N) is 1. The van der Waals surface area contributed by atoms with E-state index in [0.717, 1.165) is 37.0 Å². The van der Waals surface area contributed by atoms with Gasteiger partial charge in [0.05, 0.1) is 0 Å². The van der Waals surface area contributed by atoms with Crippen LogP contribution in [0.3, 0.4) is 0 Å². The number of carbonyl (C=O) groups excluding carboxylic acids is 1. The zero-order chi connectivity index (χ0) is 17.2. The van der Waals surface area contributed by atoms with Gasteiger partial charge in [0.25, 0.3) is 0 Å². The summed E-state index contributed by atoms with van der Waals surface area (Å²) in [5, 5.41) is 4.11. The maximum Gasteiger partial charge on any atom is 0.223 e. The van der Waals surface area contributed by atoms with Gasteiger partial charge in [0.15, 0.2) is 0 Å². The number of benzene rings is 1. The van der Waals surface area contributed by atoms with E-state index in [1.807, 2.05) is 17.0 Å². The van der Waals surface area contributed by atoms with Crippen LogP contribution in [0.15, 0.2) is 24.3 Å². The van der Waals surface area contributed by atoms with Crippen LogP contribution in [0.4, 0.5) is 5.13 Å². The van der Waals surface area contributed by atoms with E-state index in [0.29, 0.717) is 6.42 Å². The number of rotatable bonds is 5. The van der Waals surface area contributed by atoms with Crippen molar-refractivity contribution in [2.45, 2.75) is 52.1 Å². The predicted molar refractivity (Wildman–Crippen MR) is 97.0 cm³/mol. The van der Waals surface area contributed by atoms with Gasteiger partial charge in [0.1, 0.15) is 5.82 Å². The van der Waals surface area contributed by atoms with Gasteiger partial charge < -0.3 is 10.2 Å². The second kappa shape index (κ2) is 6.89. The lowest BCUT2D eigenvalue weighted by atomic mass is 9.96. The van der Waals surface area contributed by atoms with E-state index in [1.165, 1.54) is 22.7 Å². The van der Waals surface area contributed by atoms with Gasteiger partial charge in [0.2, 0.25) is 11.0 Å². The van der Waals surface area contributed by atoms with Gasteiger partial charge in [-0.05, 0) is 17.5 Å². The summed E-state index contributed by atoms with van der Waals surface area (Å²) >= 11 is 1.38. The number of hydrogen-bond donors (Lipinski definition) is 1. The van der Waals surface area contributed by atoms with Crippen molar-refractivity contribution < 1.29 is 4.79 Å². The molecule has 1 aliphatic rings. The van der Waals surface area contributed by atoms with Gasteiger partial charge in [-0.15, -0.1) is 0 Å². The summed E-state index contributed by atoms with van der Waals surface area (Å²) in [7, 11) is 0. The molecular formula is C18H24N4OS. The van der Waals surface area contributed by atoms with E-state index in [2.05, 4.69) is 47.6 Å². The quantitative estimate of drug-likeness (QED) is 0.843. The van der Waals surface area contributed by atoms with Crippen LogP contribution in [0, 0.1) is 0 Å². The Labute approximate surface area is 147 Å². The van der Waals surface area contributed by atoms with Crippen molar-refractivity contribution in [1.82, 2.24) is 14.3 Å². The van der Waals surface area contributed by atoms with Crippen molar-refractivity contribution in [2.75, 3.05) is 11.9 Å². The van der Waals surface area contributed by atoms with Gasteiger partial charge in [-0.25, -0.2) is 4.98 Å². The lowest BCUT2D eigenvalue weighted by Crippen LogP contribution is -2.25. The molecular weight excluding hydrogens is 320 g/mol. The molecule has 1 amide bonds. The normalized spacial score (nSPS) is 13.9. The third kappa shape index (κ3) is 3.93. The summed E-state index contributed by atoms with van der Waals surface area (Å²) < 4.78 is 4.38. The molecule has 0 radical (unpaired) electrons. The van der Waals surface area contributed by atoms with Gasteiger partial charge in [-0.3, -0.25) is 4.79 Å². The second-order valence-corrected chi connectivity index (χ2v) is 7.97. The minimum atomic E-state index is -0.0306. The van der Waals surface area contributed by atoms with Crippen LogP contribution in [0.5, 0.6) is 0 Å². The smallest absolute Gasteiger partial charge is 0.223 e. The third-order valence-electron chi connectivity index (χ3n) is 4.13. The van der Waals surface area contributed by atoms with Crippen molar-refractivity contribution in [3.63, 3.8) is 0 Å². The molecule has 1 N–H and O–H groups in total. The molecule has 3 rings (SSSR count). The highest BCUT2D eigenvalue weighted by molar-refractivity contribution is 7.09. The Kier molecular flexibility index (Phi) is 4.85. The number of carbonyl (C=O) groups is 1. The summed E-state index contributed by atoms with van der Waals surface area (Å²) in [4.78, 5) is 18.8. The molecule has 2 aromatic rings. The zero-order valence-corrected chi connectivity index (χ0v) is 15.3. The maximum atomic E-state index is 12.3. The van der Waals surface area contributed by atoms with Crippen molar-refractivity contribution >= 4 is 22.6 Å². The van der Waals surface area contributed by atoms with E-state index in [1.54, 1.807) is 0 Å². The first kappa shape index (κ1) is 16.9. The number of fused-ring (bicyclic) bond motifs is 1. The molecule has 0 fully saturated rings. The summed E-state index contributed by atoms with van der Waals surface area (Å²) in [6, 6.07) is 8.27. The molecule has 1 aliphatic heterocycles. The Morgan fingerprint density at radius 1 is 1.25 bits per heavy atom. The van der Waals surface area contributed by atoms with E-state index in [4.69, 9.17) is 0 Å². The maximum absolute atomic E-state index is 12.3. The molecule has 0 atom stereocenters. The largest absolute Gasteiger partial charge is 0.360 e. The summed E-state index contributed by atoms with van der Waals surface area (Å²) in [6.07, 6.45) is 1.36. The van der Waals surface area contributed by atoms with Gasteiger partial charge in [-0.2, -0.15) is 4.37 Å². The summed E-state index contributed by atoms with van der Waals surface area (Å²) in [5.41, 5.74) is 2.51. The number of hydrogen-bond acceptors (Lipinski definition) is 5. The SMILES string of the molecule is CC(C)(C)c1nsc(NCCCC(=O)N2Cc3ccccc3C2)n1. The Bertz CT molecular complexity index is 695. The Morgan fingerprint density at radius 3 is 2.50 bits per heavy atom. The minimum Gasteiger partial charge on any atom is -0.360 e. The fraction of sp³-hybridized carbons (Fsp3) is 0.500. The van der Waals surface area contributed by atoms with Crippen molar-refractivity contribution in [2.24, 2.45) is 0 Å². The molecule has 2 heterocycles. The van der Waals surface area contributed by atoms with E-state index >= 15 is 0 Å². The molecule has 1 aromatic heterocycles. The van der Waals surface area contributed by atoms with Gasteiger partial charge >= 0.3 is 0 Å². The first-order chi connectivity index (χ1) is 11.4. The fourth-order valence-corrected chi connectivity index (χ4v) is 3.48. The molecule has 24 heavy (non-hydrogen) atoms. The van der Waals surface area contributed by atoms with E-state index in [9.17, 15) is 4.79 Å². The fourth-order valence-electron chi connectivity index (χ4n) is 2.70. The highest BCUT2D eigenvalue weighted by Gasteiger charge is 2.22. The van der Waals surface area contributed by atoms with Gasteiger partial charge in [0, 0.05) is 43.0 Å². The molecule has 0 unspecified atom stereocenters. The van der Waals surface area contributed by atoms with Crippen LogP contribution >= 0.6 is 11.5 Å².